The predicted molar refractivity (Wildman–Crippen MR) is 157 cm³/mol. The summed E-state index contributed by atoms with van der Waals surface area (Å²) < 4.78 is 31.9. The summed E-state index contributed by atoms with van der Waals surface area (Å²) in [6.45, 7) is 2.11. The van der Waals surface area contributed by atoms with E-state index in [1.807, 2.05) is 0 Å². The summed E-state index contributed by atoms with van der Waals surface area (Å²) in [5.74, 6) is -0.963. The van der Waals surface area contributed by atoms with E-state index in [0.29, 0.717) is 12.8 Å². The van der Waals surface area contributed by atoms with Crippen LogP contribution in [0.5, 0.6) is 0 Å². The van der Waals surface area contributed by atoms with Crippen molar-refractivity contribution in [1.82, 2.24) is 0 Å². The number of rotatable bonds is 30. The summed E-state index contributed by atoms with van der Waals surface area (Å²) in [4.78, 5) is 36.6. The van der Waals surface area contributed by atoms with Crippen LogP contribution in [0.15, 0.2) is 0 Å². The maximum Gasteiger partial charge on any atom is 1.00 e. The van der Waals surface area contributed by atoms with Crippen molar-refractivity contribution in [3.63, 3.8) is 0 Å². The van der Waals surface area contributed by atoms with Crippen LogP contribution in [0.1, 0.15) is 142 Å². The van der Waals surface area contributed by atoms with E-state index in [4.69, 9.17) is 19.1 Å². The van der Waals surface area contributed by atoms with Crippen molar-refractivity contribution in [2.24, 2.45) is 0 Å². The zero-order chi connectivity index (χ0) is 30.6. The van der Waals surface area contributed by atoms with Crippen LogP contribution in [0.4, 0.5) is 0 Å². The van der Waals surface area contributed by atoms with Gasteiger partial charge in [-0.3, -0.25) is 14.2 Å². The average Bonchev–Trinajstić information content (AvgIpc) is 2.95. The van der Waals surface area contributed by atoms with E-state index in [9.17, 15) is 24.2 Å². The van der Waals surface area contributed by atoms with Gasteiger partial charge in [0.25, 0.3) is 7.82 Å². The Labute approximate surface area is 276 Å². The first-order chi connectivity index (χ1) is 19.7. The van der Waals surface area contributed by atoms with E-state index in [1.54, 1.807) is 0 Å². The molecular formula is C30H58NaO10P. The molecule has 0 heterocycles. The fourth-order valence-electron chi connectivity index (χ4n) is 4.22. The number of esters is 2. The molecule has 0 radical (unpaired) electrons. The molecule has 0 aromatic rings. The van der Waals surface area contributed by atoms with Gasteiger partial charge in [0.15, 0.2) is 6.10 Å². The minimum Gasteiger partial charge on any atom is -0.756 e. The summed E-state index contributed by atoms with van der Waals surface area (Å²) in [5, 5.41) is 18.1. The Morgan fingerprint density at radius 1 is 0.667 bits per heavy atom. The Morgan fingerprint density at radius 3 is 1.52 bits per heavy atom. The molecule has 0 spiro atoms. The van der Waals surface area contributed by atoms with Crippen molar-refractivity contribution in [2.45, 2.75) is 154 Å². The van der Waals surface area contributed by atoms with Crippen molar-refractivity contribution in [3.8, 4) is 0 Å². The molecule has 10 nitrogen and oxygen atoms in total. The summed E-state index contributed by atoms with van der Waals surface area (Å²) in [6.07, 6.45) is 17.9. The van der Waals surface area contributed by atoms with E-state index in [-0.39, 0.29) is 49.0 Å². The van der Waals surface area contributed by atoms with E-state index in [2.05, 4.69) is 18.4 Å². The smallest absolute Gasteiger partial charge is 0.756 e. The zero-order valence-electron chi connectivity index (χ0n) is 26.7. The molecule has 3 atom stereocenters. The van der Waals surface area contributed by atoms with Gasteiger partial charge in [-0.25, -0.2) is 0 Å². The quantitative estimate of drug-likeness (QED) is 0.0523. The number of hydrogen-bond acceptors (Lipinski definition) is 10. The Balaban J connectivity index is 0. The van der Waals surface area contributed by atoms with E-state index < -0.39 is 51.8 Å². The molecule has 0 saturated heterocycles. The molecule has 0 amide bonds. The van der Waals surface area contributed by atoms with Gasteiger partial charge >= 0.3 is 41.5 Å². The van der Waals surface area contributed by atoms with Gasteiger partial charge in [-0.15, -0.1) is 0 Å². The van der Waals surface area contributed by atoms with Gasteiger partial charge in [0, 0.05) is 12.8 Å². The molecular weight excluding hydrogens is 574 g/mol. The molecule has 2 N–H and O–H groups in total. The number of ether oxygens (including phenoxy) is 2. The Bertz CT molecular complexity index is 682. The molecule has 0 aromatic carbocycles. The van der Waals surface area contributed by atoms with Crippen molar-refractivity contribution >= 4 is 19.8 Å². The number of aliphatic hydroxyl groups excluding tert-OH is 2. The second-order valence-corrected chi connectivity index (χ2v) is 12.2. The van der Waals surface area contributed by atoms with Crippen LogP contribution in [-0.4, -0.2) is 60.8 Å². The molecule has 12 heteroatoms. The number of unbranched alkanes of at least 4 members (excludes halogenated alkanes) is 16. The third-order valence-corrected chi connectivity index (χ3v) is 7.68. The fraction of sp³-hybridized carbons (Fsp3) is 0.933. The van der Waals surface area contributed by atoms with Gasteiger partial charge in [-0.2, -0.15) is 0 Å². The van der Waals surface area contributed by atoms with E-state index in [1.165, 1.54) is 64.2 Å². The van der Waals surface area contributed by atoms with Crippen molar-refractivity contribution in [2.75, 3.05) is 26.4 Å². The topological polar surface area (TPSA) is 152 Å². The predicted octanol–water partition coefficient (Wildman–Crippen LogP) is 3.14. The largest absolute Gasteiger partial charge is 1.00 e. The molecule has 0 saturated carbocycles. The molecule has 244 valence electrons. The van der Waals surface area contributed by atoms with Crippen LogP contribution in [0, 0.1) is 0 Å². The molecule has 0 aromatic heterocycles. The van der Waals surface area contributed by atoms with E-state index >= 15 is 0 Å². The fourth-order valence-corrected chi connectivity index (χ4v) is 5.00. The van der Waals surface area contributed by atoms with Gasteiger partial charge < -0.3 is 33.6 Å². The Morgan fingerprint density at radius 2 is 1.07 bits per heavy atom. The molecule has 0 bridgehead atoms. The van der Waals surface area contributed by atoms with Crippen LogP contribution < -0.4 is 34.5 Å². The molecule has 2 unspecified atom stereocenters. The van der Waals surface area contributed by atoms with Gasteiger partial charge in [0.1, 0.15) is 12.7 Å². The second-order valence-electron chi connectivity index (χ2n) is 10.8. The third-order valence-electron chi connectivity index (χ3n) is 6.75. The van der Waals surface area contributed by atoms with Crippen molar-refractivity contribution < 1.29 is 77.3 Å². The van der Waals surface area contributed by atoms with Gasteiger partial charge in [-0.1, -0.05) is 117 Å². The molecule has 0 aliphatic rings. The minimum atomic E-state index is -4.84. The standard InChI is InChI=1S/C30H59O10P.Na/c1-3-5-7-9-11-13-15-17-19-21-29(33)37-25-28(26-39-41(35,36)38-24-27(32)23-31)40-30(34)22-20-18-16-14-12-10-8-6-4-2;/h27-28,31-32H,3-26H2,1-2H3,(H,35,36);/q;+1/p-1/t27?,28-;/m0./s1. The Hall–Kier alpha value is -0.0300. The van der Waals surface area contributed by atoms with Crippen LogP contribution in [0.25, 0.3) is 0 Å². The van der Waals surface area contributed by atoms with Gasteiger partial charge in [-0.05, 0) is 12.8 Å². The number of phosphoric ester groups is 1. The number of carbonyl (C=O) groups is 2. The maximum absolute atomic E-state index is 12.4. The summed E-state index contributed by atoms with van der Waals surface area (Å²) in [7, 11) is -4.84. The van der Waals surface area contributed by atoms with Crippen molar-refractivity contribution in [3.05, 3.63) is 0 Å². The van der Waals surface area contributed by atoms with Gasteiger partial charge in [0.2, 0.25) is 0 Å². The monoisotopic (exact) mass is 632 g/mol. The zero-order valence-corrected chi connectivity index (χ0v) is 29.6. The number of aliphatic hydroxyl groups is 2. The summed E-state index contributed by atoms with van der Waals surface area (Å²) in [6, 6.07) is 0. The van der Waals surface area contributed by atoms with E-state index in [0.717, 1.165) is 38.5 Å². The van der Waals surface area contributed by atoms with Gasteiger partial charge in [0.05, 0.1) is 19.8 Å². The first-order valence-electron chi connectivity index (χ1n) is 16.0. The molecule has 42 heavy (non-hydrogen) atoms. The first kappa shape index (κ1) is 44.1. The number of carbonyl (C=O) groups excluding carboxylic acids is 2. The summed E-state index contributed by atoms with van der Waals surface area (Å²) >= 11 is 0. The SMILES string of the molecule is CCCCCCCCCCCC(=O)OC[C@@H](COP(=O)([O-])OCC(O)CO)OC(=O)CCCCCCCCCCC.[Na+]. The van der Waals surface area contributed by atoms with Crippen LogP contribution in [-0.2, 0) is 32.7 Å². The van der Waals surface area contributed by atoms with Crippen LogP contribution in [0.2, 0.25) is 0 Å². The molecule has 0 aliphatic heterocycles. The number of phosphoric acid groups is 1. The molecule has 0 rings (SSSR count). The first-order valence-corrected chi connectivity index (χ1v) is 17.4. The minimum absolute atomic E-state index is 0. The maximum atomic E-state index is 12.4. The summed E-state index contributed by atoms with van der Waals surface area (Å²) in [5.41, 5.74) is 0. The van der Waals surface area contributed by atoms with Crippen LogP contribution >= 0.6 is 7.82 Å². The van der Waals surface area contributed by atoms with Crippen LogP contribution in [0.3, 0.4) is 0 Å². The Kier molecular flexibility index (Phi) is 32.5. The van der Waals surface area contributed by atoms with Crippen molar-refractivity contribution in [1.29, 1.82) is 0 Å². The second kappa shape index (κ2) is 31.0. The molecule has 0 aliphatic carbocycles. The third kappa shape index (κ3) is 30.0. The normalized spacial score (nSPS) is 14.0. The molecule has 0 fully saturated rings. The average molecular weight is 633 g/mol. The number of hydrogen-bond donors (Lipinski definition) is 2.